The molecule has 0 fully saturated rings. The van der Waals surface area contributed by atoms with Crippen molar-refractivity contribution in [2.24, 2.45) is 0 Å². The lowest BCUT2D eigenvalue weighted by molar-refractivity contribution is 0.309. The summed E-state index contributed by atoms with van der Waals surface area (Å²) < 4.78 is 10.6. The Morgan fingerprint density at radius 1 is 0.939 bits per heavy atom. The number of hydrogen-bond donors (Lipinski definition) is 0. The van der Waals surface area contributed by atoms with Gasteiger partial charge in [-0.3, -0.25) is 0 Å². The van der Waals surface area contributed by atoms with E-state index < -0.39 is 0 Å². The third kappa shape index (κ3) is 4.02. The van der Waals surface area contributed by atoms with Crippen LogP contribution >= 0.6 is 0 Å². The predicted molar refractivity (Wildman–Crippen MR) is 129 cm³/mol. The van der Waals surface area contributed by atoms with E-state index in [0.29, 0.717) is 12.2 Å². The van der Waals surface area contributed by atoms with Crippen LogP contribution in [0.15, 0.2) is 65.7 Å². The molecule has 33 heavy (non-hydrogen) atoms. The molecule has 3 aromatic heterocycles. The molecule has 0 amide bonds. The standard InChI is InChI=1S/C26H27N5O2/c1-4-5-14-33-22-10-8-21(9-11-22)23-16-24-25-28-31(17-20-7-6-18(2)19(3)15-20)26(32)29(25)12-13-30(24)27-23/h6-13,15-16H,4-5,14,17H2,1-3H3. The Bertz CT molecular complexity index is 1490. The summed E-state index contributed by atoms with van der Waals surface area (Å²) in [5, 5.41) is 9.33. The largest absolute Gasteiger partial charge is 0.494 e. The molecular formula is C26H27N5O2. The molecule has 0 aliphatic rings. The van der Waals surface area contributed by atoms with Gasteiger partial charge in [0.1, 0.15) is 11.3 Å². The van der Waals surface area contributed by atoms with E-state index in [0.717, 1.165) is 47.5 Å². The Kier molecular flexibility index (Phi) is 5.46. The number of nitrogens with zero attached hydrogens (tertiary/aromatic N) is 5. The van der Waals surface area contributed by atoms with E-state index in [1.54, 1.807) is 21.3 Å². The van der Waals surface area contributed by atoms with Crippen LogP contribution in [0.1, 0.15) is 36.5 Å². The highest BCUT2D eigenvalue weighted by Gasteiger charge is 2.14. The molecule has 0 aliphatic heterocycles. The number of unbranched alkanes of at least 4 members (excludes halogenated alkanes) is 1. The monoisotopic (exact) mass is 441 g/mol. The summed E-state index contributed by atoms with van der Waals surface area (Å²) in [5.74, 6) is 0.856. The lowest BCUT2D eigenvalue weighted by Gasteiger charge is -2.05. The second-order valence-corrected chi connectivity index (χ2v) is 8.44. The van der Waals surface area contributed by atoms with Gasteiger partial charge in [-0.25, -0.2) is 18.4 Å². The number of ether oxygens (including phenoxy) is 1. The van der Waals surface area contributed by atoms with E-state index in [1.165, 1.54) is 15.8 Å². The lowest BCUT2D eigenvalue weighted by atomic mass is 10.1. The predicted octanol–water partition coefficient (Wildman–Crippen LogP) is 4.65. The van der Waals surface area contributed by atoms with Gasteiger partial charge in [-0.05, 0) is 67.3 Å². The molecule has 0 unspecified atom stereocenters. The van der Waals surface area contributed by atoms with Crippen LogP contribution in [-0.2, 0) is 6.54 Å². The van der Waals surface area contributed by atoms with Gasteiger partial charge in [-0.15, -0.1) is 5.10 Å². The van der Waals surface area contributed by atoms with Crippen molar-refractivity contribution in [2.45, 2.75) is 40.2 Å². The van der Waals surface area contributed by atoms with Gasteiger partial charge in [-0.1, -0.05) is 31.5 Å². The van der Waals surface area contributed by atoms with Crippen LogP contribution < -0.4 is 10.4 Å². The number of benzene rings is 2. The van der Waals surface area contributed by atoms with Crippen LogP contribution in [0, 0.1) is 13.8 Å². The quantitative estimate of drug-likeness (QED) is 0.345. The Morgan fingerprint density at radius 2 is 1.76 bits per heavy atom. The molecule has 0 N–H and O–H groups in total. The second kappa shape index (κ2) is 8.58. The van der Waals surface area contributed by atoms with Gasteiger partial charge >= 0.3 is 5.69 Å². The Hall–Kier alpha value is -3.87. The maximum absolute atomic E-state index is 13.0. The molecule has 0 bridgehead atoms. The van der Waals surface area contributed by atoms with E-state index in [-0.39, 0.29) is 5.69 Å². The molecule has 5 aromatic rings. The van der Waals surface area contributed by atoms with Crippen LogP contribution in [0.5, 0.6) is 5.75 Å². The minimum Gasteiger partial charge on any atom is -0.494 e. The van der Waals surface area contributed by atoms with Crippen molar-refractivity contribution in [3.63, 3.8) is 0 Å². The molecule has 7 heteroatoms. The molecule has 0 spiro atoms. The van der Waals surface area contributed by atoms with Gasteiger partial charge in [0.15, 0.2) is 5.65 Å². The zero-order valence-electron chi connectivity index (χ0n) is 19.2. The van der Waals surface area contributed by atoms with Gasteiger partial charge in [0.25, 0.3) is 0 Å². The first kappa shape index (κ1) is 21.0. The first-order valence-corrected chi connectivity index (χ1v) is 11.3. The maximum atomic E-state index is 13.0. The number of rotatable bonds is 7. The van der Waals surface area contributed by atoms with Crippen molar-refractivity contribution in [1.29, 1.82) is 0 Å². The molecule has 2 aromatic carbocycles. The van der Waals surface area contributed by atoms with Gasteiger partial charge in [0.05, 0.1) is 18.8 Å². The Morgan fingerprint density at radius 3 is 2.52 bits per heavy atom. The molecule has 0 saturated heterocycles. The normalized spacial score (nSPS) is 11.5. The zero-order chi connectivity index (χ0) is 22.9. The van der Waals surface area contributed by atoms with Crippen LogP contribution in [0.3, 0.4) is 0 Å². The number of aromatic nitrogens is 5. The van der Waals surface area contributed by atoms with E-state index in [2.05, 4.69) is 38.0 Å². The van der Waals surface area contributed by atoms with Crippen LogP contribution in [0.2, 0.25) is 0 Å². The van der Waals surface area contributed by atoms with E-state index in [4.69, 9.17) is 9.84 Å². The maximum Gasteiger partial charge on any atom is 0.350 e. The average molecular weight is 442 g/mol. The Labute approximate surface area is 191 Å². The highest BCUT2D eigenvalue weighted by Crippen LogP contribution is 2.24. The third-order valence-electron chi connectivity index (χ3n) is 6.01. The van der Waals surface area contributed by atoms with Gasteiger partial charge in [-0.2, -0.15) is 5.10 Å². The summed E-state index contributed by atoms with van der Waals surface area (Å²) in [4.78, 5) is 13.0. The highest BCUT2D eigenvalue weighted by molar-refractivity contribution is 5.76. The van der Waals surface area contributed by atoms with Crippen molar-refractivity contribution in [3.8, 4) is 17.0 Å². The summed E-state index contributed by atoms with van der Waals surface area (Å²) in [5.41, 5.74) is 6.49. The fraction of sp³-hybridized carbons (Fsp3) is 0.269. The number of fused-ring (bicyclic) bond motifs is 3. The summed E-state index contributed by atoms with van der Waals surface area (Å²) in [6.07, 6.45) is 5.66. The van der Waals surface area contributed by atoms with Crippen molar-refractivity contribution in [1.82, 2.24) is 23.8 Å². The highest BCUT2D eigenvalue weighted by atomic mass is 16.5. The smallest absolute Gasteiger partial charge is 0.350 e. The van der Waals surface area contributed by atoms with Crippen LogP contribution in [0.25, 0.3) is 22.4 Å². The fourth-order valence-electron chi connectivity index (χ4n) is 3.91. The van der Waals surface area contributed by atoms with E-state index in [9.17, 15) is 4.79 Å². The van der Waals surface area contributed by atoms with Gasteiger partial charge in [0, 0.05) is 18.0 Å². The van der Waals surface area contributed by atoms with Crippen molar-refractivity contribution >= 4 is 11.2 Å². The van der Waals surface area contributed by atoms with Crippen molar-refractivity contribution in [3.05, 3.63) is 88.1 Å². The molecule has 168 valence electrons. The average Bonchev–Trinajstić information content (AvgIpc) is 3.39. The summed E-state index contributed by atoms with van der Waals surface area (Å²) in [6, 6.07) is 16.1. The zero-order valence-corrected chi connectivity index (χ0v) is 19.2. The number of aryl methyl sites for hydroxylation is 2. The molecule has 3 heterocycles. The number of hydrogen-bond acceptors (Lipinski definition) is 4. The van der Waals surface area contributed by atoms with Crippen LogP contribution in [-0.4, -0.2) is 30.4 Å². The lowest BCUT2D eigenvalue weighted by Crippen LogP contribution is -2.21. The van der Waals surface area contributed by atoms with Crippen molar-refractivity contribution in [2.75, 3.05) is 6.61 Å². The van der Waals surface area contributed by atoms with E-state index >= 15 is 0 Å². The molecule has 0 atom stereocenters. The van der Waals surface area contributed by atoms with Crippen molar-refractivity contribution < 1.29 is 4.74 Å². The summed E-state index contributed by atoms with van der Waals surface area (Å²) >= 11 is 0. The SMILES string of the molecule is CCCCOc1ccc(-c2cc3c4nn(Cc5ccc(C)c(C)c5)c(=O)n4ccn3n2)cc1. The molecule has 0 radical (unpaired) electrons. The van der Waals surface area contributed by atoms with Gasteiger partial charge < -0.3 is 4.74 Å². The van der Waals surface area contributed by atoms with E-state index in [1.807, 2.05) is 36.4 Å². The first-order valence-electron chi connectivity index (χ1n) is 11.3. The van der Waals surface area contributed by atoms with Gasteiger partial charge in [0.2, 0.25) is 0 Å². The van der Waals surface area contributed by atoms with Crippen LogP contribution in [0.4, 0.5) is 0 Å². The molecule has 5 rings (SSSR count). The molecule has 0 saturated carbocycles. The summed E-state index contributed by atoms with van der Waals surface area (Å²) in [6.45, 7) is 7.45. The molecule has 7 nitrogen and oxygen atoms in total. The molecular weight excluding hydrogens is 414 g/mol. The fourth-order valence-corrected chi connectivity index (χ4v) is 3.91. The summed E-state index contributed by atoms with van der Waals surface area (Å²) in [7, 11) is 0. The minimum atomic E-state index is -0.165. The molecule has 0 aliphatic carbocycles. The minimum absolute atomic E-state index is 0.165. The first-order chi connectivity index (χ1) is 16.0. The Balaban J connectivity index is 1.48. The second-order valence-electron chi connectivity index (χ2n) is 8.44. The topological polar surface area (TPSA) is 65.8 Å². The third-order valence-corrected chi connectivity index (χ3v) is 6.01.